The SMILES string of the molecule is Cc1ncsc1CN(C)CC1(c2ccccc2)CC1(C)C. The van der Waals surface area contributed by atoms with Crippen molar-refractivity contribution in [3.63, 3.8) is 0 Å². The molecule has 1 aliphatic carbocycles. The van der Waals surface area contributed by atoms with Crippen LogP contribution >= 0.6 is 11.3 Å². The summed E-state index contributed by atoms with van der Waals surface area (Å²) >= 11 is 1.77. The Labute approximate surface area is 131 Å². The van der Waals surface area contributed by atoms with Gasteiger partial charge in [0.15, 0.2) is 0 Å². The van der Waals surface area contributed by atoms with Crippen LogP contribution in [0.2, 0.25) is 0 Å². The molecule has 0 aliphatic heterocycles. The molecular weight excluding hydrogens is 276 g/mol. The number of benzene rings is 1. The molecule has 1 heterocycles. The molecule has 0 N–H and O–H groups in total. The highest BCUT2D eigenvalue weighted by Gasteiger charge is 2.61. The predicted molar refractivity (Wildman–Crippen MR) is 89.7 cm³/mol. The molecule has 2 aromatic rings. The molecule has 3 rings (SSSR count). The molecule has 21 heavy (non-hydrogen) atoms. The number of nitrogens with zero attached hydrogens (tertiary/aromatic N) is 2. The Balaban J connectivity index is 1.77. The van der Waals surface area contributed by atoms with Crippen molar-refractivity contribution < 1.29 is 0 Å². The van der Waals surface area contributed by atoms with Gasteiger partial charge in [0, 0.05) is 23.4 Å². The van der Waals surface area contributed by atoms with E-state index in [-0.39, 0.29) is 0 Å². The van der Waals surface area contributed by atoms with Gasteiger partial charge in [-0.1, -0.05) is 44.2 Å². The maximum absolute atomic E-state index is 4.36. The van der Waals surface area contributed by atoms with Crippen LogP contribution in [0.3, 0.4) is 0 Å². The summed E-state index contributed by atoms with van der Waals surface area (Å²) in [7, 11) is 2.23. The van der Waals surface area contributed by atoms with Gasteiger partial charge in [-0.05, 0) is 31.4 Å². The highest BCUT2D eigenvalue weighted by molar-refractivity contribution is 7.09. The summed E-state index contributed by atoms with van der Waals surface area (Å²) in [5, 5.41) is 0. The molecule has 2 nitrogen and oxygen atoms in total. The van der Waals surface area contributed by atoms with Gasteiger partial charge in [-0.2, -0.15) is 0 Å². The zero-order valence-corrected chi connectivity index (χ0v) is 14.2. The van der Waals surface area contributed by atoms with Gasteiger partial charge in [-0.3, -0.25) is 0 Å². The predicted octanol–water partition coefficient (Wildman–Crippen LogP) is 4.25. The number of aryl methyl sites for hydroxylation is 1. The van der Waals surface area contributed by atoms with E-state index < -0.39 is 0 Å². The molecule has 1 aromatic heterocycles. The van der Waals surface area contributed by atoms with E-state index in [1.54, 1.807) is 11.3 Å². The van der Waals surface area contributed by atoms with Crippen LogP contribution in [0.15, 0.2) is 35.8 Å². The van der Waals surface area contributed by atoms with E-state index in [2.05, 4.69) is 68.0 Å². The molecule has 1 aliphatic rings. The Bertz CT molecular complexity index is 617. The summed E-state index contributed by atoms with van der Waals surface area (Å²) in [5.41, 5.74) is 5.32. The summed E-state index contributed by atoms with van der Waals surface area (Å²) in [4.78, 5) is 8.21. The molecule has 0 bridgehead atoms. The lowest BCUT2D eigenvalue weighted by molar-refractivity contribution is 0.273. The van der Waals surface area contributed by atoms with Crippen molar-refractivity contribution in [1.29, 1.82) is 0 Å². The van der Waals surface area contributed by atoms with E-state index in [0.29, 0.717) is 10.8 Å². The van der Waals surface area contributed by atoms with Gasteiger partial charge in [0.05, 0.1) is 11.2 Å². The molecule has 0 spiro atoms. The Morgan fingerprint density at radius 2 is 1.90 bits per heavy atom. The molecule has 1 saturated carbocycles. The van der Waals surface area contributed by atoms with Crippen LogP contribution in [0.1, 0.15) is 36.4 Å². The highest BCUT2D eigenvalue weighted by Crippen LogP contribution is 2.64. The standard InChI is InChI=1S/C18H24N2S/c1-14-16(21-13-19-14)10-20(4)12-18(11-17(18,2)3)15-8-6-5-7-9-15/h5-9,13H,10-12H2,1-4H3. The number of thiazole rings is 1. The lowest BCUT2D eigenvalue weighted by Crippen LogP contribution is -2.32. The monoisotopic (exact) mass is 300 g/mol. The second kappa shape index (κ2) is 5.22. The quantitative estimate of drug-likeness (QED) is 0.820. The fourth-order valence-corrected chi connectivity index (χ4v) is 4.42. The van der Waals surface area contributed by atoms with Crippen LogP contribution in [-0.2, 0) is 12.0 Å². The minimum Gasteiger partial charge on any atom is -0.300 e. The van der Waals surface area contributed by atoms with Crippen molar-refractivity contribution in [1.82, 2.24) is 9.88 Å². The van der Waals surface area contributed by atoms with Crippen LogP contribution in [-0.4, -0.2) is 23.5 Å². The smallest absolute Gasteiger partial charge is 0.0798 e. The zero-order chi connectivity index (χ0) is 15.1. The first-order valence-corrected chi connectivity index (χ1v) is 8.46. The van der Waals surface area contributed by atoms with Gasteiger partial charge in [0.2, 0.25) is 0 Å². The van der Waals surface area contributed by atoms with E-state index in [1.165, 1.54) is 22.6 Å². The average Bonchev–Trinajstić information content (AvgIpc) is 2.76. The average molecular weight is 300 g/mol. The van der Waals surface area contributed by atoms with Crippen LogP contribution in [0.25, 0.3) is 0 Å². The van der Waals surface area contributed by atoms with Crippen molar-refractivity contribution in [2.45, 2.75) is 39.2 Å². The Morgan fingerprint density at radius 1 is 1.24 bits per heavy atom. The minimum absolute atomic E-state index is 0.307. The van der Waals surface area contributed by atoms with Crippen molar-refractivity contribution in [2.24, 2.45) is 5.41 Å². The molecule has 0 radical (unpaired) electrons. The van der Waals surface area contributed by atoms with Gasteiger partial charge < -0.3 is 4.90 Å². The first-order valence-electron chi connectivity index (χ1n) is 7.58. The van der Waals surface area contributed by atoms with E-state index in [0.717, 1.165) is 13.1 Å². The lowest BCUT2D eigenvalue weighted by Gasteiger charge is -2.27. The molecule has 1 fully saturated rings. The maximum atomic E-state index is 4.36. The topological polar surface area (TPSA) is 16.1 Å². The second-order valence-corrected chi connectivity index (χ2v) is 7.98. The molecule has 112 valence electrons. The van der Waals surface area contributed by atoms with Crippen LogP contribution in [0.4, 0.5) is 0 Å². The third-order valence-electron chi connectivity index (χ3n) is 5.04. The summed E-state index contributed by atoms with van der Waals surface area (Å²) in [6.45, 7) is 9.01. The molecule has 1 atom stereocenters. The fourth-order valence-electron chi connectivity index (χ4n) is 3.56. The van der Waals surface area contributed by atoms with Gasteiger partial charge in [0.1, 0.15) is 0 Å². The summed E-state index contributed by atoms with van der Waals surface area (Å²) in [6.07, 6.45) is 1.27. The third-order valence-corrected chi connectivity index (χ3v) is 5.96. The number of hydrogen-bond donors (Lipinski definition) is 0. The minimum atomic E-state index is 0.307. The zero-order valence-electron chi connectivity index (χ0n) is 13.4. The van der Waals surface area contributed by atoms with E-state index in [1.807, 2.05) is 5.51 Å². The van der Waals surface area contributed by atoms with Crippen LogP contribution in [0.5, 0.6) is 0 Å². The number of hydrogen-bond acceptors (Lipinski definition) is 3. The van der Waals surface area contributed by atoms with Crippen LogP contribution in [0, 0.1) is 12.3 Å². The van der Waals surface area contributed by atoms with Gasteiger partial charge >= 0.3 is 0 Å². The second-order valence-electron chi connectivity index (χ2n) is 7.04. The van der Waals surface area contributed by atoms with Crippen LogP contribution < -0.4 is 0 Å². The number of likely N-dealkylation sites (N-methyl/N-ethyl adjacent to an activating group) is 1. The maximum Gasteiger partial charge on any atom is 0.0798 e. The highest BCUT2D eigenvalue weighted by atomic mass is 32.1. The van der Waals surface area contributed by atoms with Crippen molar-refractivity contribution in [3.8, 4) is 0 Å². The van der Waals surface area contributed by atoms with E-state index in [9.17, 15) is 0 Å². The first-order chi connectivity index (χ1) is 9.95. The Morgan fingerprint density at radius 3 is 2.43 bits per heavy atom. The molecule has 0 saturated heterocycles. The third kappa shape index (κ3) is 2.65. The summed E-state index contributed by atoms with van der Waals surface area (Å²) in [5.74, 6) is 0. The molecule has 3 heteroatoms. The van der Waals surface area contributed by atoms with E-state index >= 15 is 0 Å². The van der Waals surface area contributed by atoms with Crippen molar-refractivity contribution >= 4 is 11.3 Å². The largest absolute Gasteiger partial charge is 0.300 e. The van der Waals surface area contributed by atoms with Gasteiger partial charge in [0.25, 0.3) is 0 Å². The fraction of sp³-hybridized carbons (Fsp3) is 0.500. The lowest BCUT2D eigenvalue weighted by atomic mass is 9.87. The normalized spacial score (nSPS) is 23.5. The Hall–Kier alpha value is -1.19. The van der Waals surface area contributed by atoms with E-state index in [4.69, 9.17) is 0 Å². The summed E-state index contributed by atoms with van der Waals surface area (Å²) < 4.78 is 0. The number of aromatic nitrogens is 1. The van der Waals surface area contributed by atoms with Gasteiger partial charge in [-0.25, -0.2) is 4.98 Å². The summed E-state index contributed by atoms with van der Waals surface area (Å²) in [6, 6.07) is 11.0. The Kier molecular flexibility index (Phi) is 3.66. The molecule has 1 aromatic carbocycles. The number of rotatable bonds is 5. The first kappa shape index (κ1) is 14.7. The van der Waals surface area contributed by atoms with Crippen molar-refractivity contribution in [3.05, 3.63) is 52.0 Å². The van der Waals surface area contributed by atoms with Gasteiger partial charge in [-0.15, -0.1) is 11.3 Å². The molecule has 0 amide bonds. The van der Waals surface area contributed by atoms with Crippen molar-refractivity contribution in [2.75, 3.05) is 13.6 Å². The molecule has 1 unspecified atom stereocenters. The molecular formula is C18H24N2S.